The van der Waals surface area contributed by atoms with Crippen LogP contribution in [0, 0.1) is 7.43 Å². The van der Waals surface area contributed by atoms with Gasteiger partial charge in [-0.25, -0.2) is 9.97 Å². The minimum absolute atomic E-state index is 0. The van der Waals surface area contributed by atoms with Gasteiger partial charge in [-0.05, 0) is 72.8 Å². The number of nitrogens with one attached hydrogen (secondary N) is 2. The molecule has 4 nitrogen and oxygen atoms in total. The lowest BCUT2D eigenvalue weighted by Gasteiger charge is -1.85. The standard InChI is InChI=1S/C20H14N4.C/c1-2-14-10-16-5-6-18(23-16)12-20-8-7-19(24-20)11-17-4-3-15(22-17)9-13(1)21-14;/h1-12,21,24H;. The maximum Gasteiger partial charge on any atom is 0.0658 e. The lowest BCUT2D eigenvalue weighted by Crippen LogP contribution is -1.75. The molecule has 4 heteroatoms. The van der Waals surface area contributed by atoms with E-state index in [0.29, 0.717) is 0 Å². The molecular weight excluding hydrogens is 308 g/mol. The topological polar surface area (TPSA) is 57.4 Å². The average molecular weight is 322 g/mol. The third kappa shape index (κ3) is 3.02. The van der Waals surface area contributed by atoms with Crippen molar-refractivity contribution in [1.29, 1.82) is 0 Å². The van der Waals surface area contributed by atoms with Crippen molar-refractivity contribution in [2.24, 2.45) is 0 Å². The van der Waals surface area contributed by atoms with Crippen molar-refractivity contribution in [2.75, 3.05) is 0 Å². The van der Waals surface area contributed by atoms with Crippen molar-refractivity contribution >= 4 is 46.4 Å². The SMILES string of the molecule is C1=Cc2cc3ccc(cc4nc(cc5ccc(cc1n2)[nH]5)C=C4)[nH]3.[C]. The molecule has 0 aliphatic carbocycles. The number of aromatic amines is 2. The number of nitrogens with zero attached hydrogens (tertiary/aromatic N) is 2. The fourth-order valence-corrected chi connectivity index (χ4v) is 2.94. The number of H-pyrrole nitrogens is 2. The maximum absolute atomic E-state index is 4.63. The highest BCUT2D eigenvalue weighted by Gasteiger charge is 2.00. The molecule has 5 rings (SSSR count). The van der Waals surface area contributed by atoms with E-state index < -0.39 is 0 Å². The van der Waals surface area contributed by atoms with Crippen LogP contribution in [-0.2, 0) is 0 Å². The Balaban J connectivity index is 0.00000157. The van der Waals surface area contributed by atoms with E-state index in [1.807, 2.05) is 48.6 Å². The summed E-state index contributed by atoms with van der Waals surface area (Å²) in [5, 5.41) is 0. The molecule has 118 valence electrons. The molecule has 0 aromatic carbocycles. The van der Waals surface area contributed by atoms with Crippen LogP contribution < -0.4 is 0 Å². The zero-order valence-electron chi connectivity index (χ0n) is 13.3. The summed E-state index contributed by atoms with van der Waals surface area (Å²) in [6.45, 7) is 0. The summed E-state index contributed by atoms with van der Waals surface area (Å²) in [6, 6.07) is 16.4. The molecule has 5 heterocycles. The van der Waals surface area contributed by atoms with Crippen LogP contribution in [0.4, 0.5) is 0 Å². The molecule has 3 aromatic rings. The first-order valence-corrected chi connectivity index (χ1v) is 7.85. The van der Waals surface area contributed by atoms with Crippen LogP contribution >= 0.6 is 0 Å². The van der Waals surface area contributed by atoms with Gasteiger partial charge in [0, 0.05) is 29.5 Å². The van der Waals surface area contributed by atoms with Crippen LogP contribution in [0.1, 0.15) is 22.8 Å². The summed E-state index contributed by atoms with van der Waals surface area (Å²) in [5.74, 6) is 0. The maximum atomic E-state index is 4.63. The third-order valence-electron chi connectivity index (χ3n) is 4.04. The van der Waals surface area contributed by atoms with Gasteiger partial charge in [-0.2, -0.15) is 0 Å². The van der Waals surface area contributed by atoms with Crippen molar-refractivity contribution in [3.8, 4) is 0 Å². The van der Waals surface area contributed by atoms with Gasteiger partial charge < -0.3 is 9.97 Å². The van der Waals surface area contributed by atoms with Crippen molar-refractivity contribution in [2.45, 2.75) is 0 Å². The average Bonchev–Trinajstić information content (AvgIpc) is 3.32. The van der Waals surface area contributed by atoms with Crippen LogP contribution in [0.2, 0.25) is 0 Å². The molecule has 2 N–H and O–H groups in total. The minimum Gasteiger partial charge on any atom is -0.355 e. The smallest absolute Gasteiger partial charge is 0.0658 e. The number of aromatic nitrogens is 4. The first-order valence-electron chi connectivity index (χ1n) is 7.85. The second kappa shape index (κ2) is 5.91. The van der Waals surface area contributed by atoms with E-state index in [1.54, 1.807) is 0 Å². The van der Waals surface area contributed by atoms with E-state index >= 15 is 0 Å². The number of hydrogen-bond acceptors (Lipinski definition) is 2. The monoisotopic (exact) mass is 322 g/mol. The van der Waals surface area contributed by atoms with Gasteiger partial charge in [-0.15, -0.1) is 0 Å². The normalized spacial score (nSPS) is 12.2. The van der Waals surface area contributed by atoms with Crippen molar-refractivity contribution in [3.63, 3.8) is 0 Å². The van der Waals surface area contributed by atoms with Gasteiger partial charge in [-0.3, -0.25) is 0 Å². The Morgan fingerprint density at radius 1 is 0.480 bits per heavy atom. The molecule has 0 fully saturated rings. The molecule has 0 spiro atoms. The highest BCUT2D eigenvalue weighted by Crippen LogP contribution is 2.16. The zero-order valence-corrected chi connectivity index (χ0v) is 13.3. The van der Waals surface area contributed by atoms with Gasteiger partial charge in [0.1, 0.15) is 0 Å². The van der Waals surface area contributed by atoms with E-state index in [-0.39, 0.29) is 7.43 Å². The van der Waals surface area contributed by atoms with E-state index in [9.17, 15) is 0 Å². The van der Waals surface area contributed by atoms with E-state index in [4.69, 9.17) is 0 Å². The van der Waals surface area contributed by atoms with Crippen molar-refractivity contribution in [3.05, 3.63) is 78.7 Å². The summed E-state index contributed by atoms with van der Waals surface area (Å²) in [5.41, 5.74) is 7.86. The molecule has 4 radical (unpaired) electrons. The fourth-order valence-electron chi connectivity index (χ4n) is 2.94. The molecule has 3 aromatic heterocycles. The molecule has 25 heavy (non-hydrogen) atoms. The predicted molar refractivity (Wildman–Crippen MR) is 102 cm³/mol. The third-order valence-corrected chi connectivity index (χ3v) is 4.04. The van der Waals surface area contributed by atoms with Gasteiger partial charge >= 0.3 is 0 Å². The predicted octanol–water partition coefficient (Wildman–Crippen LogP) is 4.74. The Labute approximate surface area is 145 Å². The number of fused-ring (bicyclic) bond motifs is 8. The lowest BCUT2D eigenvalue weighted by molar-refractivity contribution is 1.31. The molecule has 8 bridgehead atoms. The molecular formula is C21H14N4. The van der Waals surface area contributed by atoms with Crippen LogP contribution in [-0.4, -0.2) is 19.9 Å². The highest BCUT2D eigenvalue weighted by molar-refractivity contribution is 5.77. The van der Waals surface area contributed by atoms with Crippen LogP contribution in [0.15, 0.2) is 48.5 Å². The fraction of sp³-hybridized carbons (Fsp3) is 0. The molecule has 0 amide bonds. The first-order chi connectivity index (χ1) is 11.8. The van der Waals surface area contributed by atoms with E-state index in [0.717, 1.165) is 44.8 Å². The quantitative estimate of drug-likeness (QED) is 0.433. The molecule has 0 atom stereocenters. The Morgan fingerprint density at radius 3 is 1.04 bits per heavy atom. The van der Waals surface area contributed by atoms with Crippen LogP contribution in [0.25, 0.3) is 46.4 Å². The Kier molecular flexibility index (Phi) is 3.58. The second-order valence-corrected chi connectivity index (χ2v) is 5.91. The summed E-state index contributed by atoms with van der Waals surface area (Å²) >= 11 is 0. The summed E-state index contributed by atoms with van der Waals surface area (Å²) in [4.78, 5) is 16.0. The molecule has 0 saturated heterocycles. The lowest BCUT2D eigenvalue weighted by atomic mass is 10.3. The van der Waals surface area contributed by atoms with Crippen molar-refractivity contribution in [1.82, 2.24) is 19.9 Å². The van der Waals surface area contributed by atoms with Crippen LogP contribution in [0.5, 0.6) is 0 Å². The van der Waals surface area contributed by atoms with Gasteiger partial charge in [0.25, 0.3) is 0 Å². The highest BCUT2D eigenvalue weighted by atomic mass is 14.8. The van der Waals surface area contributed by atoms with Gasteiger partial charge in [0.05, 0.1) is 22.8 Å². The van der Waals surface area contributed by atoms with Gasteiger partial charge in [0.15, 0.2) is 0 Å². The summed E-state index contributed by atoms with van der Waals surface area (Å²) in [7, 11) is 0. The van der Waals surface area contributed by atoms with Crippen LogP contribution in [0.3, 0.4) is 0 Å². The van der Waals surface area contributed by atoms with Gasteiger partial charge in [-0.1, -0.05) is 0 Å². The Bertz CT molecular complexity index is 984. The molecule has 0 saturated carbocycles. The zero-order chi connectivity index (χ0) is 15.9. The second-order valence-electron chi connectivity index (χ2n) is 5.91. The number of rotatable bonds is 0. The summed E-state index contributed by atoms with van der Waals surface area (Å²) in [6.07, 6.45) is 8.09. The largest absolute Gasteiger partial charge is 0.355 e. The van der Waals surface area contributed by atoms with Gasteiger partial charge in [0.2, 0.25) is 0 Å². The van der Waals surface area contributed by atoms with E-state index in [1.165, 1.54) is 0 Å². The molecule has 2 aliphatic rings. The Morgan fingerprint density at radius 2 is 0.760 bits per heavy atom. The first kappa shape index (κ1) is 15.1. The Hall–Kier alpha value is -3.40. The van der Waals surface area contributed by atoms with E-state index in [2.05, 4.69) is 44.2 Å². The summed E-state index contributed by atoms with van der Waals surface area (Å²) < 4.78 is 0. The number of hydrogen-bond donors (Lipinski definition) is 2. The molecule has 0 unspecified atom stereocenters. The molecule has 2 aliphatic heterocycles. The minimum atomic E-state index is 0. The van der Waals surface area contributed by atoms with Crippen molar-refractivity contribution < 1.29 is 0 Å².